The largest absolute Gasteiger partial charge is 0.398 e. The second kappa shape index (κ2) is 8.56. The number of unbranched alkanes of at least 4 members (excludes halogenated alkanes) is 1. The summed E-state index contributed by atoms with van der Waals surface area (Å²) < 4.78 is 5.47. The maximum absolute atomic E-state index is 5.78. The van der Waals surface area contributed by atoms with Gasteiger partial charge in [0.25, 0.3) is 0 Å². The predicted octanol–water partition coefficient (Wildman–Crippen LogP) is 2.63. The highest BCUT2D eigenvalue weighted by molar-refractivity contribution is 7.10. The minimum atomic E-state index is 0.854. The van der Waals surface area contributed by atoms with Crippen molar-refractivity contribution in [3.05, 3.63) is 16.3 Å². The third-order valence-corrected chi connectivity index (χ3v) is 3.29. The second-order valence-corrected chi connectivity index (χ2v) is 4.80. The molecule has 16 heavy (non-hydrogen) atoms. The Balaban J connectivity index is 1.91. The van der Waals surface area contributed by atoms with Crippen LogP contribution in [0.5, 0.6) is 0 Å². The standard InChI is InChI=1S/C12H22N2OS/c1-2-3-7-15-8-4-6-14-10-12-11(13)5-9-16-12/h5,9,14H,2-4,6-8,10,13H2,1H3. The van der Waals surface area contributed by atoms with Gasteiger partial charge in [-0.05, 0) is 30.8 Å². The van der Waals surface area contributed by atoms with Crippen molar-refractivity contribution in [3.8, 4) is 0 Å². The molecule has 0 bridgehead atoms. The summed E-state index contributed by atoms with van der Waals surface area (Å²) in [6.07, 6.45) is 3.43. The molecule has 0 saturated carbocycles. The van der Waals surface area contributed by atoms with Gasteiger partial charge >= 0.3 is 0 Å². The summed E-state index contributed by atoms with van der Waals surface area (Å²) in [5.74, 6) is 0. The average Bonchev–Trinajstić information content (AvgIpc) is 2.68. The number of ether oxygens (including phenoxy) is 1. The Kier molecular flexibility index (Phi) is 7.21. The first-order chi connectivity index (χ1) is 7.84. The molecular formula is C12H22N2OS. The van der Waals surface area contributed by atoms with E-state index in [1.807, 2.05) is 11.4 Å². The second-order valence-electron chi connectivity index (χ2n) is 3.80. The lowest BCUT2D eigenvalue weighted by atomic mass is 10.3. The van der Waals surface area contributed by atoms with Crippen LogP contribution in [-0.2, 0) is 11.3 Å². The Labute approximate surface area is 102 Å². The molecule has 0 amide bonds. The van der Waals surface area contributed by atoms with Crippen molar-refractivity contribution in [2.75, 3.05) is 25.5 Å². The fraction of sp³-hybridized carbons (Fsp3) is 0.667. The van der Waals surface area contributed by atoms with Gasteiger partial charge in [-0.25, -0.2) is 0 Å². The zero-order valence-corrected chi connectivity index (χ0v) is 10.8. The van der Waals surface area contributed by atoms with Gasteiger partial charge in [0.05, 0.1) is 0 Å². The van der Waals surface area contributed by atoms with E-state index in [9.17, 15) is 0 Å². The number of hydrogen-bond donors (Lipinski definition) is 2. The van der Waals surface area contributed by atoms with Gasteiger partial charge in [0.15, 0.2) is 0 Å². The van der Waals surface area contributed by atoms with Crippen LogP contribution in [0.25, 0.3) is 0 Å². The molecule has 0 aromatic carbocycles. The van der Waals surface area contributed by atoms with E-state index in [-0.39, 0.29) is 0 Å². The molecule has 1 aromatic heterocycles. The quantitative estimate of drug-likeness (QED) is 0.654. The Morgan fingerprint density at radius 2 is 2.19 bits per heavy atom. The highest BCUT2D eigenvalue weighted by Crippen LogP contribution is 2.17. The van der Waals surface area contributed by atoms with Crippen LogP contribution in [0.3, 0.4) is 0 Å². The zero-order valence-electron chi connectivity index (χ0n) is 10.00. The van der Waals surface area contributed by atoms with Crippen LogP contribution in [-0.4, -0.2) is 19.8 Å². The highest BCUT2D eigenvalue weighted by atomic mass is 32.1. The maximum Gasteiger partial charge on any atom is 0.0478 e. The van der Waals surface area contributed by atoms with E-state index in [2.05, 4.69) is 12.2 Å². The van der Waals surface area contributed by atoms with Gasteiger partial charge < -0.3 is 15.8 Å². The number of nitrogens with two attached hydrogens (primary N) is 1. The van der Waals surface area contributed by atoms with Crippen LogP contribution >= 0.6 is 11.3 Å². The third-order valence-electron chi connectivity index (χ3n) is 2.35. The van der Waals surface area contributed by atoms with E-state index in [1.165, 1.54) is 17.7 Å². The third kappa shape index (κ3) is 5.49. The molecule has 1 aromatic rings. The molecule has 3 N–H and O–H groups in total. The van der Waals surface area contributed by atoms with Crippen molar-refractivity contribution < 1.29 is 4.74 Å². The number of rotatable bonds is 9. The van der Waals surface area contributed by atoms with Crippen LogP contribution in [0.15, 0.2) is 11.4 Å². The molecule has 0 saturated heterocycles. The minimum Gasteiger partial charge on any atom is -0.398 e. The SMILES string of the molecule is CCCCOCCCNCc1sccc1N. The summed E-state index contributed by atoms with van der Waals surface area (Å²) in [5.41, 5.74) is 6.68. The fourth-order valence-electron chi connectivity index (χ4n) is 1.34. The first kappa shape index (κ1) is 13.5. The summed E-state index contributed by atoms with van der Waals surface area (Å²) >= 11 is 1.71. The molecule has 0 spiro atoms. The number of anilines is 1. The fourth-order valence-corrected chi connectivity index (χ4v) is 2.11. The number of nitrogen functional groups attached to an aromatic ring is 1. The first-order valence-electron chi connectivity index (χ1n) is 5.95. The molecule has 0 radical (unpaired) electrons. The highest BCUT2D eigenvalue weighted by Gasteiger charge is 1.98. The number of thiophene rings is 1. The topological polar surface area (TPSA) is 47.3 Å². The Hall–Kier alpha value is -0.580. The van der Waals surface area contributed by atoms with E-state index in [1.54, 1.807) is 11.3 Å². The summed E-state index contributed by atoms with van der Waals surface area (Å²) in [5, 5.41) is 5.40. The molecule has 1 rings (SSSR count). The van der Waals surface area contributed by atoms with E-state index >= 15 is 0 Å². The van der Waals surface area contributed by atoms with Crippen LogP contribution in [0.4, 0.5) is 5.69 Å². The first-order valence-corrected chi connectivity index (χ1v) is 6.83. The van der Waals surface area contributed by atoms with Crippen molar-refractivity contribution in [1.82, 2.24) is 5.32 Å². The van der Waals surface area contributed by atoms with Gasteiger partial charge in [-0.15, -0.1) is 11.3 Å². The van der Waals surface area contributed by atoms with Gasteiger partial charge in [0.1, 0.15) is 0 Å². The van der Waals surface area contributed by atoms with Gasteiger partial charge in [-0.1, -0.05) is 13.3 Å². The van der Waals surface area contributed by atoms with E-state index in [4.69, 9.17) is 10.5 Å². The van der Waals surface area contributed by atoms with Gasteiger partial charge in [-0.2, -0.15) is 0 Å². The van der Waals surface area contributed by atoms with Crippen molar-refractivity contribution in [2.45, 2.75) is 32.7 Å². The van der Waals surface area contributed by atoms with Crippen molar-refractivity contribution >= 4 is 17.0 Å². The summed E-state index contributed by atoms with van der Waals surface area (Å²) in [6, 6.07) is 1.95. The molecule has 4 heteroatoms. The molecule has 3 nitrogen and oxygen atoms in total. The zero-order chi connectivity index (χ0) is 11.6. The predicted molar refractivity (Wildman–Crippen MR) is 70.8 cm³/mol. The summed E-state index contributed by atoms with van der Waals surface area (Å²) in [6.45, 7) is 5.79. The Morgan fingerprint density at radius 3 is 2.88 bits per heavy atom. The lowest BCUT2D eigenvalue weighted by molar-refractivity contribution is 0.129. The molecule has 0 fully saturated rings. The molecule has 0 atom stereocenters. The molecule has 1 heterocycles. The summed E-state index contributed by atoms with van der Waals surface area (Å²) in [4.78, 5) is 1.23. The number of hydrogen-bond acceptors (Lipinski definition) is 4. The van der Waals surface area contributed by atoms with E-state index in [0.717, 1.165) is 38.4 Å². The molecule has 0 aliphatic rings. The van der Waals surface area contributed by atoms with Crippen LogP contribution < -0.4 is 11.1 Å². The number of nitrogens with one attached hydrogen (secondary N) is 1. The van der Waals surface area contributed by atoms with Crippen LogP contribution in [0.2, 0.25) is 0 Å². The van der Waals surface area contributed by atoms with Crippen LogP contribution in [0.1, 0.15) is 31.1 Å². The smallest absolute Gasteiger partial charge is 0.0478 e. The lowest BCUT2D eigenvalue weighted by Crippen LogP contribution is -2.16. The molecule has 0 aliphatic heterocycles. The Morgan fingerprint density at radius 1 is 1.38 bits per heavy atom. The van der Waals surface area contributed by atoms with E-state index in [0.29, 0.717) is 0 Å². The van der Waals surface area contributed by atoms with Gasteiger partial charge in [-0.3, -0.25) is 0 Å². The molecule has 0 unspecified atom stereocenters. The summed E-state index contributed by atoms with van der Waals surface area (Å²) in [7, 11) is 0. The molecular weight excluding hydrogens is 220 g/mol. The maximum atomic E-state index is 5.78. The van der Waals surface area contributed by atoms with Crippen LogP contribution in [0, 0.1) is 0 Å². The van der Waals surface area contributed by atoms with Crippen molar-refractivity contribution in [1.29, 1.82) is 0 Å². The van der Waals surface area contributed by atoms with Crippen molar-refractivity contribution in [3.63, 3.8) is 0 Å². The molecule has 92 valence electrons. The molecule has 0 aliphatic carbocycles. The normalized spacial score (nSPS) is 10.8. The minimum absolute atomic E-state index is 0.854. The van der Waals surface area contributed by atoms with E-state index < -0.39 is 0 Å². The Bertz CT molecular complexity index is 276. The van der Waals surface area contributed by atoms with Gasteiger partial charge in [0, 0.05) is 30.3 Å². The monoisotopic (exact) mass is 242 g/mol. The average molecular weight is 242 g/mol. The van der Waals surface area contributed by atoms with Gasteiger partial charge in [0.2, 0.25) is 0 Å². The lowest BCUT2D eigenvalue weighted by Gasteiger charge is -2.05. The van der Waals surface area contributed by atoms with Crippen molar-refractivity contribution in [2.24, 2.45) is 0 Å².